The van der Waals surface area contributed by atoms with Crippen molar-refractivity contribution in [1.29, 1.82) is 0 Å². The third-order valence-corrected chi connectivity index (χ3v) is 12.1. The van der Waals surface area contributed by atoms with Gasteiger partial charge in [0.1, 0.15) is 0 Å². The molecular weight excluding hydrogens is 691 g/mol. The van der Waals surface area contributed by atoms with Crippen molar-refractivity contribution >= 4 is 21.7 Å². The Kier molecular flexibility index (Phi) is 6.84. The summed E-state index contributed by atoms with van der Waals surface area (Å²) in [7, 11) is 0. The third-order valence-electron chi connectivity index (χ3n) is 12.1. The van der Waals surface area contributed by atoms with Crippen molar-refractivity contribution < 1.29 is 0 Å². The van der Waals surface area contributed by atoms with E-state index in [4.69, 9.17) is 15.0 Å². The van der Waals surface area contributed by atoms with Gasteiger partial charge < -0.3 is 0 Å². The van der Waals surface area contributed by atoms with E-state index in [2.05, 4.69) is 188 Å². The maximum Gasteiger partial charge on any atom is 0.160 e. The summed E-state index contributed by atoms with van der Waals surface area (Å²) in [5.74, 6) is 0.718. The SMILES string of the molecule is c1ccc(-c2nc(-c3ccc(-c4cccc5c4-c4ccccc4C54c5ccccc5-c5nc(-c6ccccc6)c6ccccc6c54)cc3)nc3ccccc23)cc1. The molecular formula is C54H33N3. The molecule has 57 heavy (non-hydrogen) atoms. The summed E-state index contributed by atoms with van der Waals surface area (Å²) in [6.45, 7) is 0. The van der Waals surface area contributed by atoms with E-state index in [1.807, 2.05) is 12.1 Å². The lowest BCUT2D eigenvalue weighted by Gasteiger charge is -2.31. The van der Waals surface area contributed by atoms with Crippen molar-refractivity contribution in [3.8, 4) is 67.4 Å². The van der Waals surface area contributed by atoms with E-state index in [0.29, 0.717) is 0 Å². The zero-order valence-corrected chi connectivity index (χ0v) is 30.9. The topological polar surface area (TPSA) is 38.7 Å². The number of benzene rings is 8. The summed E-state index contributed by atoms with van der Waals surface area (Å²) in [5.41, 5.74) is 17.8. The Hall–Kier alpha value is -7.49. The molecule has 12 rings (SSSR count). The highest BCUT2D eigenvalue weighted by molar-refractivity contribution is 6.08. The Balaban J connectivity index is 1.07. The van der Waals surface area contributed by atoms with Crippen LogP contribution in [0.1, 0.15) is 22.3 Å². The average Bonchev–Trinajstić information content (AvgIpc) is 3.76. The summed E-state index contributed by atoms with van der Waals surface area (Å²) in [6, 6.07) is 71.8. The van der Waals surface area contributed by atoms with Crippen molar-refractivity contribution in [2.45, 2.75) is 5.41 Å². The Bertz CT molecular complexity index is 3220. The molecule has 0 N–H and O–H groups in total. The summed E-state index contributed by atoms with van der Waals surface area (Å²) in [6.07, 6.45) is 0. The van der Waals surface area contributed by atoms with E-state index < -0.39 is 5.41 Å². The lowest BCUT2D eigenvalue weighted by molar-refractivity contribution is 0.800. The van der Waals surface area contributed by atoms with Gasteiger partial charge >= 0.3 is 0 Å². The minimum Gasteiger partial charge on any atom is -0.247 e. The van der Waals surface area contributed by atoms with Gasteiger partial charge in [-0.1, -0.05) is 194 Å². The van der Waals surface area contributed by atoms with Crippen LogP contribution < -0.4 is 0 Å². The van der Waals surface area contributed by atoms with E-state index in [-0.39, 0.29) is 0 Å². The van der Waals surface area contributed by atoms with E-state index in [1.165, 1.54) is 55.3 Å². The first-order valence-corrected chi connectivity index (χ1v) is 19.5. The fourth-order valence-corrected chi connectivity index (χ4v) is 9.75. The van der Waals surface area contributed by atoms with Crippen LogP contribution in [0, 0.1) is 0 Å². The molecule has 3 heteroatoms. The van der Waals surface area contributed by atoms with E-state index in [0.717, 1.165) is 56.1 Å². The smallest absolute Gasteiger partial charge is 0.160 e. The standard InChI is InChI=1S/C54H33N3/c1-3-16-35(17-4-1)50-40-21-8-7-20-39(40)49-52(56-50)42-23-10-13-27-45(42)54(49)44-26-12-9-22-41(44)48-38(25-15-28-46(48)54)34-30-32-37(33-31-34)53-55-47-29-14-11-24-43(47)51(57-53)36-18-5-2-6-19-36/h1-33H. The van der Waals surface area contributed by atoms with Crippen molar-refractivity contribution in [3.63, 3.8) is 0 Å². The van der Waals surface area contributed by atoms with Crippen LogP contribution in [-0.2, 0) is 5.41 Å². The maximum absolute atomic E-state index is 5.61. The van der Waals surface area contributed by atoms with Crippen molar-refractivity contribution in [2.75, 3.05) is 0 Å². The van der Waals surface area contributed by atoms with Crippen LogP contribution in [0.3, 0.4) is 0 Å². The highest BCUT2D eigenvalue weighted by atomic mass is 14.9. The molecule has 2 aliphatic rings. The number of rotatable bonds is 4. The van der Waals surface area contributed by atoms with Crippen LogP contribution in [0.25, 0.3) is 89.1 Å². The van der Waals surface area contributed by atoms with E-state index >= 15 is 0 Å². The molecule has 2 heterocycles. The maximum atomic E-state index is 5.61. The molecule has 1 spiro atoms. The number of pyridine rings is 1. The molecule has 2 aromatic heterocycles. The molecule has 3 nitrogen and oxygen atoms in total. The normalized spacial score (nSPS) is 14.7. The van der Waals surface area contributed by atoms with Gasteiger partial charge in [-0.2, -0.15) is 0 Å². The second kappa shape index (κ2) is 12.3. The van der Waals surface area contributed by atoms with Crippen LogP contribution in [-0.4, -0.2) is 15.0 Å². The lowest BCUT2D eigenvalue weighted by Crippen LogP contribution is -2.26. The van der Waals surface area contributed by atoms with Crippen molar-refractivity contribution in [1.82, 2.24) is 15.0 Å². The molecule has 264 valence electrons. The number of hydrogen-bond acceptors (Lipinski definition) is 3. The molecule has 0 fully saturated rings. The quantitative estimate of drug-likeness (QED) is 0.181. The summed E-state index contributed by atoms with van der Waals surface area (Å²) < 4.78 is 0. The summed E-state index contributed by atoms with van der Waals surface area (Å²) in [4.78, 5) is 15.8. The molecule has 8 aromatic carbocycles. The first kappa shape index (κ1) is 31.8. The molecule has 0 saturated heterocycles. The molecule has 0 amide bonds. The molecule has 0 aliphatic heterocycles. The Morgan fingerprint density at radius 2 is 0.825 bits per heavy atom. The van der Waals surface area contributed by atoms with Gasteiger partial charge in [-0.15, -0.1) is 0 Å². The van der Waals surface area contributed by atoms with Gasteiger partial charge in [0.15, 0.2) is 5.82 Å². The van der Waals surface area contributed by atoms with Gasteiger partial charge in [0, 0.05) is 38.6 Å². The van der Waals surface area contributed by atoms with Gasteiger partial charge in [0.25, 0.3) is 0 Å². The van der Waals surface area contributed by atoms with Gasteiger partial charge in [-0.25, -0.2) is 15.0 Å². The van der Waals surface area contributed by atoms with E-state index in [9.17, 15) is 0 Å². The minimum atomic E-state index is -0.539. The van der Waals surface area contributed by atoms with Gasteiger partial charge in [0.05, 0.1) is 28.0 Å². The predicted molar refractivity (Wildman–Crippen MR) is 233 cm³/mol. The number of hydrogen-bond donors (Lipinski definition) is 0. The highest BCUT2D eigenvalue weighted by Crippen LogP contribution is 2.65. The van der Waals surface area contributed by atoms with Gasteiger partial charge in [-0.3, -0.25) is 0 Å². The molecule has 1 unspecified atom stereocenters. The predicted octanol–water partition coefficient (Wildman–Crippen LogP) is 13.2. The van der Waals surface area contributed by atoms with Crippen LogP contribution in [0.5, 0.6) is 0 Å². The highest BCUT2D eigenvalue weighted by Gasteiger charge is 2.53. The summed E-state index contributed by atoms with van der Waals surface area (Å²) >= 11 is 0. The van der Waals surface area contributed by atoms with Crippen LogP contribution >= 0.6 is 0 Å². The summed E-state index contributed by atoms with van der Waals surface area (Å²) in [5, 5.41) is 3.45. The largest absolute Gasteiger partial charge is 0.247 e. The van der Waals surface area contributed by atoms with Crippen molar-refractivity contribution in [3.05, 3.63) is 222 Å². The molecule has 0 radical (unpaired) electrons. The fraction of sp³-hybridized carbons (Fsp3) is 0.0185. The second-order valence-electron chi connectivity index (χ2n) is 15.0. The van der Waals surface area contributed by atoms with Crippen LogP contribution in [0.4, 0.5) is 0 Å². The fourth-order valence-electron chi connectivity index (χ4n) is 9.75. The molecule has 0 bridgehead atoms. The number of aromatic nitrogens is 3. The minimum absolute atomic E-state index is 0.539. The lowest BCUT2D eigenvalue weighted by atomic mass is 9.69. The average molecular weight is 724 g/mol. The third kappa shape index (κ3) is 4.51. The molecule has 1 atom stereocenters. The monoisotopic (exact) mass is 723 g/mol. The Morgan fingerprint density at radius 3 is 1.56 bits per heavy atom. The zero-order chi connectivity index (χ0) is 37.5. The number of fused-ring (bicyclic) bond motifs is 13. The number of para-hydroxylation sites is 1. The second-order valence-corrected chi connectivity index (χ2v) is 15.0. The zero-order valence-electron chi connectivity index (χ0n) is 30.9. The number of nitrogens with zero attached hydrogens (tertiary/aromatic N) is 3. The van der Waals surface area contributed by atoms with Crippen LogP contribution in [0.2, 0.25) is 0 Å². The first-order valence-electron chi connectivity index (χ1n) is 19.5. The molecule has 0 saturated carbocycles. The Labute approximate surface area is 330 Å². The van der Waals surface area contributed by atoms with Gasteiger partial charge in [-0.05, 0) is 50.4 Å². The molecule has 10 aromatic rings. The van der Waals surface area contributed by atoms with Crippen LogP contribution in [0.15, 0.2) is 200 Å². The van der Waals surface area contributed by atoms with Crippen molar-refractivity contribution in [2.24, 2.45) is 0 Å². The Morgan fingerprint density at radius 1 is 0.298 bits per heavy atom. The van der Waals surface area contributed by atoms with E-state index in [1.54, 1.807) is 0 Å². The van der Waals surface area contributed by atoms with Gasteiger partial charge in [0.2, 0.25) is 0 Å². The molecule has 2 aliphatic carbocycles. The first-order chi connectivity index (χ1) is 28.3.